The van der Waals surface area contributed by atoms with Crippen LogP contribution < -0.4 is 0 Å². The zero-order chi connectivity index (χ0) is 12.3. The fourth-order valence-corrected chi connectivity index (χ4v) is 1.50. The van der Waals surface area contributed by atoms with Crippen LogP contribution in [-0.2, 0) is 9.47 Å². The molecule has 0 saturated carbocycles. The molecule has 6 nitrogen and oxygen atoms in total. The van der Waals surface area contributed by atoms with Gasteiger partial charge in [-0.05, 0) is 13.3 Å². The van der Waals surface area contributed by atoms with Crippen LogP contribution in [0.25, 0.3) is 0 Å². The van der Waals surface area contributed by atoms with E-state index in [1.54, 1.807) is 6.92 Å². The van der Waals surface area contributed by atoms with Crippen LogP contribution in [0.2, 0.25) is 0 Å². The molecular formula is C10H20Ac4O6. The molecule has 1 saturated heterocycles. The first kappa shape index (κ1) is 33.1. The van der Waals surface area contributed by atoms with Gasteiger partial charge in [-0.25, -0.2) is 0 Å². The van der Waals surface area contributed by atoms with Crippen molar-refractivity contribution < 1.29 is 206 Å². The Labute approximate surface area is 263 Å². The first-order valence-corrected chi connectivity index (χ1v) is 5.47. The minimum Gasteiger partial charge on any atom is -0.394 e. The van der Waals surface area contributed by atoms with Gasteiger partial charge in [0, 0.05) is 176 Å². The van der Waals surface area contributed by atoms with Gasteiger partial charge >= 0.3 is 0 Å². The molecule has 0 amide bonds. The molecule has 0 bridgehead atoms. The monoisotopic (exact) mass is 1140 g/mol. The topological polar surface area (TPSA) is 99.4 Å². The third-order valence-electron chi connectivity index (χ3n) is 2.79. The molecule has 20 heavy (non-hydrogen) atoms. The molecule has 108 valence electrons. The van der Waals surface area contributed by atoms with E-state index in [9.17, 15) is 15.3 Å². The number of aliphatic hydroxyl groups is 4. The fraction of sp³-hybridized carbons (Fsp3) is 1.00. The third kappa shape index (κ3) is 10.6. The molecule has 10 heteroatoms. The van der Waals surface area contributed by atoms with Gasteiger partial charge in [0.1, 0.15) is 24.4 Å². The Morgan fingerprint density at radius 2 is 1.50 bits per heavy atom. The van der Waals surface area contributed by atoms with Crippen LogP contribution in [0.1, 0.15) is 20.3 Å². The van der Waals surface area contributed by atoms with E-state index in [2.05, 4.69) is 0 Å². The summed E-state index contributed by atoms with van der Waals surface area (Å²) in [6, 6.07) is 0. The molecule has 0 spiro atoms. The van der Waals surface area contributed by atoms with Crippen molar-refractivity contribution in [2.75, 3.05) is 6.61 Å². The summed E-state index contributed by atoms with van der Waals surface area (Å²) < 4.78 is 10.5. The van der Waals surface area contributed by atoms with Crippen LogP contribution in [0.15, 0.2) is 0 Å². The van der Waals surface area contributed by atoms with Crippen LogP contribution in [0, 0.1) is 176 Å². The molecule has 1 aliphatic rings. The van der Waals surface area contributed by atoms with E-state index in [1.165, 1.54) is 0 Å². The molecule has 0 aromatic rings. The van der Waals surface area contributed by atoms with Gasteiger partial charge in [-0.2, -0.15) is 0 Å². The molecule has 6 atom stereocenters. The van der Waals surface area contributed by atoms with Gasteiger partial charge in [0.05, 0.1) is 12.7 Å². The Kier molecular flexibility index (Phi) is 29.7. The van der Waals surface area contributed by atoms with E-state index in [0.29, 0.717) is 0 Å². The van der Waals surface area contributed by atoms with Gasteiger partial charge in [-0.1, -0.05) is 6.92 Å². The minimum atomic E-state index is -1.38. The molecule has 0 aromatic heterocycles. The quantitative estimate of drug-likeness (QED) is 0.277. The van der Waals surface area contributed by atoms with Crippen molar-refractivity contribution >= 4 is 0 Å². The number of hydrogen-bond acceptors (Lipinski definition) is 6. The predicted octanol–water partition coefficient (Wildman–Crippen LogP) is -1.40. The van der Waals surface area contributed by atoms with Gasteiger partial charge in [-0.3, -0.25) is 0 Å². The molecule has 1 rings (SSSR count). The van der Waals surface area contributed by atoms with Gasteiger partial charge in [0.15, 0.2) is 6.29 Å². The molecule has 4 N–H and O–H groups in total. The summed E-state index contributed by atoms with van der Waals surface area (Å²) in [7, 11) is 0. The van der Waals surface area contributed by atoms with Crippen molar-refractivity contribution in [2.24, 2.45) is 0 Å². The molecular weight excluding hydrogens is 1120 g/mol. The summed E-state index contributed by atoms with van der Waals surface area (Å²) in [4.78, 5) is 0. The first-order valence-electron chi connectivity index (χ1n) is 5.47. The standard InChI is InChI=1S/C10H20O6.4Ac/c1-3-5(2)15-10-9(14)8(13)7(12)6(4-11)16-10;;;;/h5-14H,3-4H2,1-2H3;;;;/t5?,6?,7-,8+,9?,10+;;;;/m1..../s1. The van der Waals surface area contributed by atoms with Crippen LogP contribution in [0.5, 0.6) is 0 Å². The fourth-order valence-electron chi connectivity index (χ4n) is 1.50. The van der Waals surface area contributed by atoms with Crippen molar-refractivity contribution in [2.45, 2.75) is 57.1 Å². The summed E-state index contributed by atoms with van der Waals surface area (Å²) in [6.45, 7) is 3.28. The van der Waals surface area contributed by atoms with E-state index in [1.807, 2.05) is 6.92 Å². The number of hydrogen-bond donors (Lipinski definition) is 4. The number of ether oxygens (including phenoxy) is 2. The Morgan fingerprint density at radius 1 is 1.00 bits per heavy atom. The molecule has 0 aliphatic carbocycles. The van der Waals surface area contributed by atoms with Gasteiger partial charge in [-0.15, -0.1) is 0 Å². The smallest absolute Gasteiger partial charge is 0.186 e. The summed E-state index contributed by atoms with van der Waals surface area (Å²) in [5.41, 5.74) is 0. The van der Waals surface area contributed by atoms with Crippen molar-refractivity contribution in [3.8, 4) is 0 Å². The van der Waals surface area contributed by atoms with Crippen LogP contribution in [-0.4, -0.2) is 63.8 Å². The summed E-state index contributed by atoms with van der Waals surface area (Å²) in [6.07, 6.45) is -5.36. The predicted molar refractivity (Wildman–Crippen MR) is 54.6 cm³/mol. The average Bonchev–Trinajstić information content (AvgIpc) is 2.29. The number of rotatable bonds is 4. The second kappa shape index (κ2) is 17.9. The average molecular weight is 1140 g/mol. The zero-order valence-electron chi connectivity index (χ0n) is 11.8. The maximum absolute atomic E-state index is 9.62. The zero-order valence-corrected chi connectivity index (χ0v) is 30.8. The van der Waals surface area contributed by atoms with E-state index in [4.69, 9.17) is 14.6 Å². The Morgan fingerprint density at radius 3 is 1.90 bits per heavy atom. The summed E-state index contributed by atoms with van der Waals surface area (Å²) in [5.74, 6) is 0. The second-order valence-corrected chi connectivity index (χ2v) is 4.05. The van der Waals surface area contributed by atoms with Crippen molar-refractivity contribution in [3.05, 3.63) is 0 Å². The Bertz CT molecular complexity index is 224. The van der Waals surface area contributed by atoms with Crippen molar-refractivity contribution in [3.63, 3.8) is 0 Å². The Balaban J connectivity index is -0.000000320. The second-order valence-electron chi connectivity index (χ2n) is 4.05. The molecule has 0 aromatic carbocycles. The maximum Gasteiger partial charge on any atom is 0.186 e. The molecule has 3 unspecified atom stereocenters. The third-order valence-corrected chi connectivity index (χ3v) is 2.79. The Hall–Kier alpha value is 5.53. The van der Waals surface area contributed by atoms with Crippen LogP contribution in [0.3, 0.4) is 0 Å². The normalized spacial score (nSPS) is 33.6. The van der Waals surface area contributed by atoms with Crippen LogP contribution in [0.4, 0.5) is 0 Å². The van der Waals surface area contributed by atoms with Gasteiger partial charge in [0.2, 0.25) is 0 Å². The number of aliphatic hydroxyl groups excluding tert-OH is 4. The summed E-state index contributed by atoms with van der Waals surface area (Å²) >= 11 is 0. The largest absolute Gasteiger partial charge is 0.394 e. The van der Waals surface area contributed by atoms with Crippen molar-refractivity contribution in [1.29, 1.82) is 0 Å². The molecule has 1 aliphatic heterocycles. The molecule has 1 heterocycles. The van der Waals surface area contributed by atoms with Gasteiger partial charge in [0.25, 0.3) is 0 Å². The van der Waals surface area contributed by atoms with E-state index >= 15 is 0 Å². The van der Waals surface area contributed by atoms with Gasteiger partial charge < -0.3 is 29.9 Å². The van der Waals surface area contributed by atoms with E-state index in [0.717, 1.165) is 6.42 Å². The maximum atomic E-state index is 9.62. The van der Waals surface area contributed by atoms with E-state index in [-0.39, 0.29) is 182 Å². The first-order chi connectivity index (χ1) is 7.51. The van der Waals surface area contributed by atoms with Crippen LogP contribution >= 0.6 is 0 Å². The summed E-state index contributed by atoms with van der Waals surface area (Å²) in [5, 5.41) is 37.6. The van der Waals surface area contributed by atoms with Crippen molar-refractivity contribution in [1.82, 2.24) is 0 Å². The minimum absolute atomic E-state index is 0. The van der Waals surface area contributed by atoms with E-state index < -0.39 is 37.3 Å². The SMILES string of the molecule is CCC(C)O[C@H]1OC(CO)[C@@H](O)[C@H](O)C1O.[Ac].[Ac].[Ac].[Ac]. The molecule has 1 fully saturated rings. The molecule has 4 radical (unpaired) electrons.